The summed E-state index contributed by atoms with van der Waals surface area (Å²) in [6.45, 7) is 0. The smallest absolute Gasteiger partial charge is 0.343 e. The van der Waals surface area contributed by atoms with Gasteiger partial charge >= 0.3 is 17.8 Å². The number of carbonyl (C=O) groups is 3. The van der Waals surface area contributed by atoms with E-state index in [0.29, 0.717) is 27.6 Å². The fraction of sp³-hybridized carbons (Fsp3) is 0. The van der Waals surface area contributed by atoms with Gasteiger partial charge in [-0.2, -0.15) is 5.10 Å². The van der Waals surface area contributed by atoms with E-state index < -0.39 is 17.8 Å². The third kappa shape index (κ3) is 5.76. The van der Waals surface area contributed by atoms with E-state index in [1.165, 1.54) is 6.21 Å². The summed E-state index contributed by atoms with van der Waals surface area (Å²) in [7, 11) is 0. The molecule has 8 heteroatoms. The van der Waals surface area contributed by atoms with Gasteiger partial charge in [0, 0.05) is 0 Å². The second-order valence-corrected chi connectivity index (χ2v) is 6.36. The zero-order valence-corrected chi connectivity index (χ0v) is 16.3. The van der Waals surface area contributed by atoms with Gasteiger partial charge in [-0.1, -0.05) is 41.9 Å². The van der Waals surface area contributed by atoms with Crippen LogP contribution in [0.4, 0.5) is 5.69 Å². The number of amides is 2. The summed E-state index contributed by atoms with van der Waals surface area (Å²) in [5, 5.41) is 6.45. The molecule has 0 radical (unpaired) electrons. The van der Waals surface area contributed by atoms with Gasteiger partial charge in [-0.05, 0) is 54.1 Å². The lowest BCUT2D eigenvalue weighted by molar-refractivity contribution is -0.136. The number of nitrogens with zero attached hydrogens (tertiary/aromatic N) is 1. The number of esters is 1. The number of nitrogens with one attached hydrogen (secondary N) is 2. The third-order valence-electron chi connectivity index (χ3n) is 3.81. The Labute approximate surface area is 177 Å². The first-order valence-corrected chi connectivity index (χ1v) is 9.17. The zero-order valence-electron chi connectivity index (χ0n) is 15.5. The molecule has 0 aliphatic heterocycles. The summed E-state index contributed by atoms with van der Waals surface area (Å²) in [6.07, 6.45) is 1.35. The summed E-state index contributed by atoms with van der Waals surface area (Å²) in [4.78, 5) is 35.7. The van der Waals surface area contributed by atoms with Crippen molar-refractivity contribution >= 4 is 41.3 Å². The van der Waals surface area contributed by atoms with Crippen LogP contribution in [0, 0.1) is 0 Å². The van der Waals surface area contributed by atoms with Crippen molar-refractivity contribution in [3.05, 3.63) is 95.0 Å². The van der Waals surface area contributed by atoms with E-state index in [1.54, 1.807) is 72.8 Å². The molecule has 0 aromatic heterocycles. The molecule has 2 amide bonds. The second kappa shape index (κ2) is 9.99. The molecule has 7 nitrogen and oxygen atoms in total. The number of ether oxygens (including phenoxy) is 1. The van der Waals surface area contributed by atoms with Crippen molar-refractivity contribution in [2.24, 2.45) is 5.10 Å². The van der Waals surface area contributed by atoms with Gasteiger partial charge in [0.15, 0.2) is 0 Å². The van der Waals surface area contributed by atoms with Gasteiger partial charge in [0.05, 0.1) is 22.5 Å². The van der Waals surface area contributed by atoms with Gasteiger partial charge in [0.25, 0.3) is 0 Å². The number of hydrazone groups is 1. The maximum absolute atomic E-state index is 12.0. The maximum Gasteiger partial charge on any atom is 0.343 e. The molecule has 3 aromatic carbocycles. The van der Waals surface area contributed by atoms with Crippen LogP contribution in [0.1, 0.15) is 15.9 Å². The van der Waals surface area contributed by atoms with Crippen molar-refractivity contribution in [1.29, 1.82) is 0 Å². The molecule has 0 bridgehead atoms. The lowest BCUT2D eigenvalue weighted by Crippen LogP contribution is -2.32. The van der Waals surface area contributed by atoms with Gasteiger partial charge in [-0.25, -0.2) is 10.2 Å². The quantitative estimate of drug-likeness (QED) is 0.216. The molecule has 30 heavy (non-hydrogen) atoms. The van der Waals surface area contributed by atoms with Gasteiger partial charge in [-0.3, -0.25) is 9.59 Å². The highest BCUT2D eigenvalue weighted by Crippen LogP contribution is 2.20. The molecule has 150 valence electrons. The van der Waals surface area contributed by atoms with Gasteiger partial charge in [0.2, 0.25) is 0 Å². The van der Waals surface area contributed by atoms with E-state index >= 15 is 0 Å². The van der Waals surface area contributed by atoms with Crippen molar-refractivity contribution in [3.8, 4) is 5.75 Å². The zero-order chi connectivity index (χ0) is 21.3. The fourth-order valence-corrected chi connectivity index (χ4v) is 2.50. The average Bonchev–Trinajstić information content (AvgIpc) is 2.77. The molecule has 0 heterocycles. The van der Waals surface area contributed by atoms with Crippen LogP contribution < -0.4 is 15.5 Å². The second-order valence-electron chi connectivity index (χ2n) is 5.96. The van der Waals surface area contributed by atoms with E-state index in [1.807, 2.05) is 6.07 Å². The minimum absolute atomic E-state index is 0.315. The number of carbonyl (C=O) groups excluding carboxylic acids is 3. The minimum Gasteiger partial charge on any atom is -0.423 e. The summed E-state index contributed by atoms with van der Waals surface area (Å²) < 4.78 is 5.28. The molecular formula is C22H16ClN3O4. The predicted octanol–water partition coefficient (Wildman–Crippen LogP) is 3.65. The van der Waals surface area contributed by atoms with Crippen LogP contribution in [0.25, 0.3) is 0 Å². The van der Waals surface area contributed by atoms with Gasteiger partial charge in [0.1, 0.15) is 5.75 Å². The molecule has 0 saturated carbocycles. The van der Waals surface area contributed by atoms with Crippen molar-refractivity contribution < 1.29 is 19.1 Å². The summed E-state index contributed by atoms with van der Waals surface area (Å²) in [6, 6.07) is 21.7. The normalized spacial score (nSPS) is 10.4. The molecule has 0 aliphatic rings. The van der Waals surface area contributed by atoms with Crippen LogP contribution in [0.5, 0.6) is 5.75 Å². The van der Waals surface area contributed by atoms with Gasteiger partial charge in [-0.15, -0.1) is 0 Å². The van der Waals surface area contributed by atoms with Crippen LogP contribution in [-0.4, -0.2) is 24.0 Å². The number of hydrogen-bond acceptors (Lipinski definition) is 5. The first-order chi connectivity index (χ1) is 14.5. The summed E-state index contributed by atoms with van der Waals surface area (Å²) in [5.41, 5.74) is 3.52. The summed E-state index contributed by atoms with van der Waals surface area (Å²) >= 11 is 5.93. The molecule has 0 aliphatic carbocycles. The Kier molecular flexibility index (Phi) is 6.91. The fourth-order valence-electron chi connectivity index (χ4n) is 2.32. The monoisotopic (exact) mass is 421 g/mol. The average molecular weight is 422 g/mol. The number of hydrogen-bond donors (Lipinski definition) is 2. The maximum atomic E-state index is 12.0. The number of halogens is 1. The van der Waals surface area contributed by atoms with Crippen LogP contribution >= 0.6 is 11.6 Å². The Morgan fingerprint density at radius 2 is 1.50 bits per heavy atom. The Hall–Kier alpha value is -3.97. The SMILES string of the molecule is O=C(N/N=C/c1ccc(OC(=O)c2ccccc2)cc1)C(=O)Nc1ccccc1Cl. The van der Waals surface area contributed by atoms with Crippen LogP contribution in [0.2, 0.25) is 5.02 Å². The molecule has 3 rings (SSSR count). The molecule has 0 spiro atoms. The molecule has 0 saturated heterocycles. The molecule has 0 unspecified atom stereocenters. The number of rotatable bonds is 5. The summed E-state index contributed by atoms with van der Waals surface area (Å²) in [5.74, 6) is -1.94. The van der Waals surface area contributed by atoms with Crippen molar-refractivity contribution in [2.45, 2.75) is 0 Å². The largest absolute Gasteiger partial charge is 0.423 e. The lowest BCUT2D eigenvalue weighted by atomic mass is 10.2. The van der Waals surface area contributed by atoms with Crippen molar-refractivity contribution in [1.82, 2.24) is 5.43 Å². The molecular weight excluding hydrogens is 406 g/mol. The highest BCUT2D eigenvalue weighted by molar-refractivity contribution is 6.41. The highest BCUT2D eigenvalue weighted by atomic mass is 35.5. The van der Waals surface area contributed by atoms with E-state index in [4.69, 9.17) is 16.3 Å². The van der Waals surface area contributed by atoms with Crippen LogP contribution in [0.3, 0.4) is 0 Å². The Bertz CT molecular complexity index is 1080. The van der Waals surface area contributed by atoms with Crippen molar-refractivity contribution in [2.75, 3.05) is 5.32 Å². The number of para-hydroxylation sites is 1. The number of anilines is 1. The van der Waals surface area contributed by atoms with E-state index in [-0.39, 0.29) is 0 Å². The standard InChI is InChI=1S/C22H16ClN3O4/c23-18-8-4-5-9-19(18)25-20(27)21(28)26-24-14-15-10-12-17(13-11-15)30-22(29)16-6-2-1-3-7-16/h1-14H,(H,25,27)(H,26,28)/b24-14+. The Morgan fingerprint density at radius 1 is 0.833 bits per heavy atom. The van der Waals surface area contributed by atoms with E-state index in [0.717, 1.165) is 0 Å². The molecule has 0 atom stereocenters. The van der Waals surface area contributed by atoms with E-state index in [9.17, 15) is 14.4 Å². The number of benzene rings is 3. The topological polar surface area (TPSA) is 96.9 Å². The molecule has 3 aromatic rings. The van der Waals surface area contributed by atoms with Crippen LogP contribution in [-0.2, 0) is 9.59 Å². The first kappa shape index (κ1) is 20.8. The van der Waals surface area contributed by atoms with Crippen molar-refractivity contribution in [3.63, 3.8) is 0 Å². The lowest BCUT2D eigenvalue weighted by Gasteiger charge is -2.05. The molecule has 2 N–H and O–H groups in total. The van der Waals surface area contributed by atoms with Crippen LogP contribution in [0.15, 0.2) is 84.0 Å². The minimum atomic E-state index is -0.945. The Balaban J connectivity index is 1.51. The third-order valence-corrected chi connectivity index (χ3v) is 4.14. The highest BCUT2D eigenvalue weighted by Gasteiger charge is 2.14. The predicted molar refractivity (Wildman–Crippen MR) is 114 cm³/mol. The van der Waals surface area contributed by atoms with E-state index in [2.05, 4.69) is 15.8 Å². The Morgan fingerprint density at radius 3 is 2.20 bits per heavy atom. The van der Waals surface area contributed by atoms with Gasteiger partial charge < -0.3 is 10.1 Å². The molecule has 0 fully saturated rings. The first-order valence-electron chi connectivity index (χ1n) is 8.79.